The fourth-order valence-corrected chi connectivity index (χ4v) is 3.45. The molecule has 1 N–H and O–H groups in total. The van der Waals surface area contributed by atoms with Crippen molar-refractivity contribution in [3.8, 4) is 16.9 Å². The Morgan fingerprint density at radius 1 is 1.06 bits per heavy atom. The first kappa shape index (κ1) is 23.1. The molecule has 7 nitrogen and oxygen atoms in total. The minimum atomic E-state index is -0.835. The van der Waals surface area contributed by atoms with E-state index in [0.717, 1.165) is 18.2 Å². The number of rotatable bonds is 6. The Bertz CT molecular complexity index is 1380. The van der Waals surface area contributed by atoms with E-state index in [2.05, 4.69) is 15.4 Å². The van der Waals surface area contributed by atoms with E-state index in [-0.39, 0.29) is 40.0 Å². The fraction of sp³-hybridized carbons (Fsp3) is 0.0833. The molecule has 2 aromatic carbocycles. The van der Waals surface area contributed by atoms with Crippen molar-refractivity contribution in [2.75, 3.05) is 11.9 Å². The van der Waals surface area contributed by atoms with E-state index in [0.29, 0.717) is 5.69 Å². The van der Waals surface area contributed by atoms with Gasteiger partial charge in [-0.15, -0.1) is 0 Å². The second-order valence-corrected chi connectivity index (χ2v) is 7.39. The van der Waals surface area contributed by atoms with Crippen molar-refractivity contribution < 1.29 is 23.1 Å². The number of ether oxygens (including phenoxy) is 1. The molecule has 0 aliphatic rings. The summed E-state index contributed by atoms with van der Waals surface area (Å²) in [6.45, 7) is 1.81. The Kier molecular flexibility index (Phi) is 6.65. The average molecular weight is 483 g/mol. The van der Waals surface area contributed by atoms with Crippen LogP contribution in [0.5, 0.6) is 0 Å². The van der Waals surface area contributed by atoms with E-state index >= 15 is 0 Å². The predicted molar refractivity (Wildman–Crippen MR) is 122 cm³/mol. The average Bonchev–Trinajstić information content (AvgIpc) is 3.24. The topological polar surface area (TPSA) is 86.1 Å². The van der Waals surface area contributed by atoms with Crippen LogP contribution >= 0.6 is 11.6 Å². The van der Waals surface area contributed by atoms with Gasteiger partial charge < -0.3 is 10.1 Å². The van der Waals surface area contributed by atoms with Crippen LogP contribution in [-0.4, -0.2) is 33.2 Å². The number of nitrogens with zero attached hydrogens (tertiary/aromatic N) is 3. The summed E-state index contributed by atoms with van der Waals surface area (Å²) in [7, 11) is 0. The first-order valence-electron chi connectivity index (χ1n) is 10.1. The molecule has 4 rings (SSSR count). The molecule has 0 fully saturated rings. The number of benzene rings is 2. The van der Waals surface area contributed by atoms with Gasteiger partial charge in [-0.05, 0) is 43.3 Å². The maximum atomic E-state index is 14.5. The summed E-state index contributed by atoms with van der Waals surface area (Å²) in [6, 6.07) is 14.7. The fourth-order valence-electron chi connectivity index (χ4n) is 3.21. The largest absolute Gasteiger partial charge is 0.461 e. The van der Waals surface area contributed by atoms with Crippen LogP contribution in [0, 0.1) is 11.6 Å². The highest BCUT2D eigenvalue weighted by molar-refractivity contribution is 6.34. The van der Waals surface area contributed by atoms with E-state index in [9.17, 15) is 18.4 Å². The molecule has 0 saturated carbocycles. The van der Waals surface area contributed by atoms with Crippen LogP contribution in [0.25, 0.3) is 16.9 Å². The summed E-state index contributed by atoms with van der Waals surface area (Å²) in [6.07, 6.45) is 1.31. The molecule has 1 amide bonds. The second-order valence-electron chi connectivity index (χ2n) is 6.98. The van der Waals surface area contributed by atoms with Crippen LogP contribution < -0.4 is 5.32 Å². The second kappa shape index (κ2) is 9.80. The Balaban J connectivity index is 1.74. The third-order valence-corrected chi connectivity index (χ3v) is 5.06. The number of carbonyl (C=O) groups is 2. The summed E-state index contributed by atoms with van der Waals surface area (Å²) in [4.78, 5) is 29.2. The van der Waals surface area contributed by atoms with Gasteiger partial charge in [0.1, 0.15) is 23.1 Å². The molecule has 0 radical (unpaired) electrons. The Labute approximate surface area is 198 Å². The highest BCUT2D eigenvalue weighted by Crippen LogP contribution is 2.30. The van der Waals surface area contributed by atoms with Gasteiger partial charge in [0, 0.05) is 17.8 Å². The minimum Gasteiger partial charge on any atom is -0.461 e. The lowest BCUT2D eigenvalue weighted by atomic mass is 10.1. The van der Waals surface area contributed by atoms with Gasteiger partial charge in [0.05, 0.1) is 22.9 Å². The first-order valence-corrected chi connectivity index (χ1v) is 10.5. The predicted octanol–water partition coefficient (Wildman–Crippen LogP) is 5.29. The van der Waals surface area contributed by atoms with E-state index in [1.807, 2.05) is 0 Å². The van der Waals surface area contributed by atoms with Crippen LogP contribution in [0.15, 0.2) is 66.9 Å². The highest BCUT2D eigenvalue weighted by Gasteiger charge is 2.22. The van der Waals surface area contributed by atoms with E-state index in [4.69, 9.17) is 16.3 Å². The number of para-hydroxylation sites is 1. The van der Waals surface area contributed by atoms with Crippen molar-refractivity contribution in [2.45, 2.75) is 6.92 Å². The van der Waals surface area contributed by atoms with Gasteiger partial charge in [-0.2, -0.15) is 5.10 Å². The molecular weight excluding hydrogens is 466 g/mol. The zero-order valence-corrected chi connectivity index (χ0v) is 18.5. The van der Waals surface area contributed by atoms with Crippen LogP contribution in [0.4, 0.5) is 14.6 Å². The van der Waals surface area contributed by atoms with Crippen LogP contribution in [-0.2, 0) is 4.74 Å². The summed E-state index contributed by atoms with van der Waals surface area (Å²) >= 11 is 6.13. The molecule has 0 spiro atoms. The molecule has 0 aliphatic carbocycles. The normalized spacial score (nSPS) is 10.7. The molecule has 0 atom stereocenters. The van der Waals surface area contributed by atoms with Crippen molar-refractivity contribution in [2.24, 2.45) is 0 Å². The molecule has 2 heterocycles. The van der Waals surface area contributed by atoms with Crippen LogP contribution in [0.1, 0.15) is 27.8 Å². The molecule has 0 bridgehead atoms. The lowest BCUT2D eigenvalue weighted by Gasteiger charge is -2.11. The Hall–Kier alpha value is -4.11. The third kappa shape index (κ3) is 4.65. The summed E-state index contributed by atoms with van der Waals surface area (Å²) in [5.41, 5.74) is -0.0695. The van der Waals surface area contributed by atoms with Gasteiger partial charge in [-0.1, -0.05) is 29.8 Å². The molecule has 0 unspecified atom stereocenters. The van der Waals surface area contributed by atoms with Crippen molar-refractivity contribution in [3.05, 3.63) is 94.8 Å². The number of hydrogen-bond donors (Lipinski definition) is 1. The molecule has 0 saturated heterocycles. The zero-order valence-electron chi connectivity index (χ0n) is 17.8. The lowest BCUT2D eigenvalue weighted by Crippen LogP contribution is -2.16. The van der Waals surface area contributed by atoms with E-state index in [1.165, 1.54) is 23.0 Å². The van der Waals surface area contributed by atoms with Crippen molar-refractivity contribution in [3.63, 3.8) is 0 Å². The van der Waals surface area contributed by atoms with Crippen LogP contribution in [0.3, 0.4) is 0 Å². The lowest BCUT2D eigenvalue weighted by molar-refractivity contribution is 0.0518. The maximum absolute atomic E-state index is 14.5. The molecule has 172 valence electrons. The molecule has 2 aromatic heterocycles. The van der Waals surface area contributed by atoms with Gasteiger partial charge in [0.2, 0.25) is 0 Å². The SMILES string of the molecule is CCOC(=O)c1cc(NC(=O)c2cc(-c3ncccc3F)c(F)cc2Cl)n(-c2ccccc2)n1. The Morgan fingerprint density at radius 3 is 2.53 bits per heavy atom. The van der Waals surface area contributed by atoms with Crippen molar-refractivity contribution >= 4 is 29.3 Å². The van der Waals surface area contributed by atoms with Gasteiger partial charge >= 0.3 is 5.97 Å². The van der Waals surface area contributed by atoms with Crippen molar-refractivity contribution in [1.82, 2.24) is 14.8 Å². The summed E-state index contributed by atoms with van der Waals surface area (Å²) in [5.74, 6) is -2.84. The summed E-state index contributed by atoms with van der Waals surface area (Å²) in [5, 5.41) is 6.67. The number of amides is 1. The number of aromatic nitrogens is 3. The minimum absolute atomic E-state index is 0.0255. The van der Waals surface area contributed by atoms with Crippen molar-refractivity contribution in [1.29, 1.82) is 0 Å². The Morgan fingerprint density at radius 2 is 1.82 bits per heavy atom. The quantitative estimate of drug-likeness (QED) is 0.377. The number of halogens is 3. The number of nitrogens with one attached hydrogen (secondary N) is 1. The number of hydrogen-bond acceptors (Lipinski definition) is 5. The standard InChI is InChI=1S/C24H17ClF2N4O3/c1-2-34-24(33)20-13-21(31(30-20)14-7-4-3-5-8-14)29-23(32)15-11-16(19(27)12-17(15)25)22-18(26)9-6-10-28-22/h3-13H,2H2,1H3,(H,29,32). The smallest absolute Gasteiger partial charge is 0.358 e. The number of carbonyl (C=O) groups excluding carboxylic acids is 2. The maximum Gasteiger partial charge on any atom is 0.358 e. The van der Waals surface area contributed by atoms with E-state index in [1.54, 1.807) is 37.3 Å². The van der Waals surface area contributed by atoms with Gasteiger partial charge in [-0.25, -0.2) is 18.3 Å². The molecule has 4 aromatic rings. The number of pyridine rings is 1. The summed E-state index contributed by atoms with van der Waals surface area (Å²) < 4.78 is 35.1. The van der Waals surface area contributed by atoms with Gasteiger partial charge in [-0.3, -0.25) is 9.78 Å². The molecule has 10 heteroatoms. The molecular formula is C24H17ClF2N4O3. The monoisotopic (exact) mass is 482 g/mol. The number of esters is 1. The van der Waals surface area contributed by atoms with Crippen LogP contribution in [0.2, 0.25) is 5.02 Å². The number of anilines is 1. The molecule has 0 aliphatic heterocycles. The third-order valence-electron chi connectivity index (χ3n) is 4.75. The van der Waals surface area contributed by atoms with Gasteiger partial charge in [0.25, 0.3) is 5.91 Å². The first-order chi connectivity index (χ1) is 16.4. The van der Waals surface area contributed by atoms with E-state index < -0.39 is 23.5 Å². The highest BCUT2D eigenvalue weighted by atomic mass is 35.5. The zero-order chi connectivity index (χ0) is 24.2. The van der Waals surface area contributed by atoms with Gasteiger partial charge in [0.15, 0.2) is 5.69 Å². The molecule has 34 heavy (non-hydrogen) atoms.